The van der Waals surface area contributed by atoms with Crippen LogP contribution in [0.1, 0.15) is 18.1 Å². The standard InChI is InChI=1S/C26H26N4O5/c1-3-18-7-11-20(12-8-18)29-25(32)26(33)30-27-16-19-9-13-22(14-10-19)35-17-24(31)28-21-5-4-6-23(15-21)34-2/h4-16H,3,17H2,1-2H3,(H,28,31)(H,29,32)(H,30,33)/b27-16-. The summed E-state index contributed by atoms with van der Waals surface area (Å²) < 4.78 is 10.6. The van der Waals surface area contributed by atoms with E-state index >= 15 is 0 Å². The molecule has 0 atom stereocenters. The minimum absolute atomic E-state index is 0.170. The maximum absolute atomic E-state index is 12.1. The van der Waals surface area contributed by atoms with E-state index in [0.717, 1.165) is 12.0 Å². The summed E-state index contributed by atoms with van der Waals surface area (Å²) in [5.74, 6) is -0.892. The van der Waals surface area contributed by atoms with E-state index in [1.54, 1.807) is 67.8 Å². The molecule has 180 valence electrons. The number of hydrogen-bond acceptors (Lipinski definition) is 6. The van der Waals surface area contributed by atoms with Crippen molar-refractivity contribution in [2.24, 2.45) is 5.10 Å². The smallest absolute Gasteiger partial charge is 0.329 e. The molecule has 3 aromatic carbocycles. The van der Waals surface area contributed by atoms with Crippen molar-refractivity contribution < 1.29 is 23.9 Å². The van der Waals surface area contributed by atoms with Crippen molar-refractivity contribution in [1.82, 2.24) is 5.43 Å². The zero-order valence-electron chi connectivity index (χ0n) is 19.4. The second-order valence-electron chi connectivity index (χ2n) is 7.34. The molecule has 0 saturated heterocycles. The first-order valence-corrected chi connectivity index (χ1v) is 10.9. The molecule has 3 rings (SSSR count). The fraction of sp³-hybridized carbons (Fsp3) is 0.154. The van der Waals surface area contributed by atoms with Crippen LogP contribution in [0, 0.1) is 0 Å². The van der Waals surface area contributed by atoms with Crippen LogP contribution in [0.25, 0.3) is 0 Å². The predicted molar refractivity (Wildman–Crippen MR) is 134 cm³/mol. The van der Waals surface area contributed by atoms with E-state index in [4.69, 9.17) is 9.47 Å². The summed E-state index contributed by atoms with van der Waals surface area (Å²) >= 11 is 0. The van der Waals surface area contributed by atoms with Gasteiger partial charge in [0, 0.05) is 17.4 Å². The van der Waals surface area contributed by atoms with Crippen LogP contribution < -0.4 is 25.5 Å². The van der Waals surface area contributed by atoms with Crippen LogP contribution in [0.4, 0.5) is 11.4 Å². The van der Waals surface area contributed by atoms with Crippen LogP contribution in [0.3, 0.4) is 0 Å². The van der Waals surface area contributed by atoms with Crippen molar-refractivity contribution in [2.75, 3.05) is 24.4 Å². The minimum atomic E-state index is -0.886. The van der Waals surface area contributed by atoms with Crippen molar-refractivity contribution in [3.8, 4) is 11.5 Å². The molecule has 0 aliphatic carbocycles. The molecular formula is C26H26N4O5. The summed E-state index contributed by atoms with van der Waals surface area (Å²) in [7, 11) is 1.55. The molecule has 0 heterocycles. The Morgan fingerprint density at radius 3 is 2.29 bits per heavy atom. The predicted octanol–water partition coefficient (Wildman–Crippen LogP) is 3.36. The summed E-state index contributed by atoms with van der Waals surface area (Å²) in [6, 6.07) is 21.0. The average Bonchev–Trinajstić information content (AvgIpc) is 2.88. The highest BCUT2D eigenvalue weighted by molar-refractivity contribution is 6.39. The van der Waals surface area contributed by atoms with Gasteiger partial charge in [-0.25, -0.2) is 5.43 Å². The Morgan fingerprint density at radius 1 is 0.857 bits per heavy atom. The Balaban J connectivity index is 1.42. The molecule has 35 heavy (non-hydrogen) atoms. The highest BCUT2D eigenvalue weighted by atomic mass is 16.5. The summed E-state index contributed by atoms with van der Waals surface area (Å²) in [5.41, 5.74) is 5.11. The maximum Gasteiger partial charge on any atom is 0.329 e. The summed E-state index contributed by atoms with van der Waals surface area (Å²) in [5, 5.41) is 9.04. The van der Waals surface area contributed by atoms with Gasteiger partial charge in [-0.1, -0.05) is 25.1 Å². The zero-order chi connectivity index (χ0) is 25.0. The fourth-order valence-corrected chi connectivity index (χ4v) is 2.92. The van der Waals surface area contributed by atoms with Crippen LogP contribution in [-0.4, -0.2) is 37.7 Å². The molecule has 9 nitrogen and oxygen atoms in total. The molecule has 0 bridgehead atoms. The molecule has 0 aromatic heterocycles. The zero-order valence-corrected chi connectivity index (χ0v) is 19.4. The first-order valence-electron chi connectivity index (χ1n) is 10.9. The molecule has 0 aliphatic heterocycles. The van der Waals surface area contributed by atoms with E-state index in [2.05, 4.69) is 21.2 Å². The highest BCUT2D eigenvalue weighted by Gasteiger charge is 2.12. The molecule has 9 heteroatoms. The fourth-order valence-electron chi connectivity index (χ4n) is 2.92. The maximum atomic E-state index is 12.1. The summed E-state index contributed by atoms with van der Waals surface area (Å²) in [6.07, 6.45) is 2.27. The van der Waals surface area contributed by atoms with Gasteiger partial charge in [0.05, 0.1) is 13.3 Å². The number of anilines is 2. The largest absolute Gasteiger partial charge is 0.497 e. The van der Waals surface area contributed by atoms with Gasteiger partial charge in [-0.3, -0.25) is 14.4 Å². The Kier molecular flexibility index (Phi) is 8.95. The van der Waals surface area contributed by atoms with Gasteiger partial charge < -0.3 is 20.1 Å². The topological polar surface area (TPSA) is 118 Å². The quantitative estimate of drug-likeness (QED) is 0.250. The van der Waals surface area contributed by atoms with Crippen LogP contribution >= 0.6 is 0 Å². The van der Waals surface area contributed by atoms with E-state index in [1.807, 2.05) is 19.1 Å². The van der Waals surface area contributed by atoms with Gasteiger partial charge in [0.1, 0.15) is 11.5 Å². The average molecular weight is 475 g/mol. The molecule has 0 radical (unpaired) electrons. The van der Waals surface area contributed by atoms with Crippen LogP contribution in [0.2, 0.25) is 0 Å². The highest BCUT2D eigenvalue weighted by Crippen LogP contribution is 2.17. The van der Waals surface area contributed by atoms with Crippen molar-refractivity contribution in [1.29, 1.82) is 0 Å². The molecule has 3 aromatic rings. The Bertz CT molecular complexity index is 1190. The molecule has 0 aliphatic rings. The number of rotatable bonds is 9. The number of benzene rings is 3. The van der Waals surface area contributed by atoms with E-state index < -0.39 is 11.8 Å². The third-order valence-corrected chi connectivity index (χ3v) is 4.81. The SMILES string of the molecule is CCc1ccc(NC(=O)C(=O)N/N=C\c2ccc(OCC(=O)Nc3cccc(OC)c3)cc2)cc1. The first-order chi connectivity index (χ1) is 17.0. The van der Waals surface area contributed by atoms with Gasteiger partial charge in [0.2, 0.25) is 0 Å². The van der Waals surface area contributed by atoms with Gasteiger partial charge in [-0.05, 0) is 66.1 Å². The number of hydrogen-bond donors (Lipinski definition) is 3. The molecule has 0 fully saturated rings. The normalized spacial score (nSPS) is 10.5. The monoisotopic (exact) mass is 474 g/mol. The summed E-state index contributed by atoms with van der Waals surface area (Å²) in [6.45, 7) is 1.86. The van der Waals surface area contributed by atoms with Crippen molar-refractivity contribution in [3.63, 3.8) is 0 Å². The van der Waals surface area contributed by atoms with Gasteiger partial charge in [-0.2, -0.15) is 5.10 Å². The number of aryl methyl sites for hydroxylation is 1. The number of nitrogens with zero attached hydrogens (tertiary/aromatic N) is 1. The first kappa shape index (κ1) is 25.0. The van der Waals surface area contributed by atoms with Crippen LogP contribution in [0.15, 0.2) is 77.9 Å². The second-order valence-corrected chi connectivity index (χ2v) is 7.34. The second kappa shape index (κ2) is 12.5. The number of carbonyl (C=O) groups is 3. The van der Waals surface area contributed by atoms with E-state index in [0.29, 0.717) is 28.4 Å². The number of amides is 3. The summed E-state index contributed by atoms with van der Waals surface area (Å²) in [4.78, 5) is 36.0. The molecule has 3 N–H and O–H groups in total. The van der Waals surface area contributed by atoms with E-state index in [1.165, 1.54) is 6.21 Å². The van der Waals surface area contributed by atoms with E-state index in [9.17, 15) is 14.4 Å². The van der Waals surface area contributed by atoms with Gasteiger partial charge in [0.25, 0.3) is 5.91 Å². The van der Waals surface area contributed by atoms with E-state index in [-0.39, 0.29) is 12.5 Å². The van der Waals surface area contributed by atoms with Crippen molar-refractivity contribution in [2.45, 2.75) is 13.3 Å². The molecule has 0 saturated carbocycles. The Morgan fingerprint density at radius 2 is 1.60 bits per heavy atom. The number of nitrogens with one attached hydrogen (secondary N) is 3. The number of methoxy groups -OCH3 is 1. The number of hydrazone groups is 1. The number of carbonyl (C=O) groups excluding carboxylic acids is 3. The lowest BCUT2D eigenvalue weighted by Gasteiger charge is -2.08. The molecule has 3 amide bonds. The Hall–Kier alpha value is -4.66. The molecular weight excluding hydrogens is 448 g/mol. The molecule has 0 spiro atoms. The minimum Gasteiger partial charge on any atom is -0.497 e. The van der Waals surface area contributed by atoms with Gasteiger partial charge >= 0.3 is 11.8 Å². The Labute approximate surface area is 203 Å². The number of ether oxygens (including phenoxy) is 2. The van der Waals surface area contributed by atoms with Crippen molar-refractivity contribution >= 4 is 35.3 Å². The van der Waals surface area contributed by atoms with Gasteiger partial charge in [-0.15, -0.1) is 0 Å². The third-order valence-electron chi connectivity index (χ3n) is 4.81. The third kappa shape index (κ3) is 8.01. The van der Waals surface area contributed by atoms with Crippen molar-refractivity contribution in [3.05, 3.63) is 83.9 Å². The molecule has 0 unspecified atom stereocenters. The lowest BCUT2D eigenvalue weighted by atomic mass is 10.1. The van der Waals surface area contributed by atoms with Crippen LogP contribution in [0.5, 0.6) is 11.5 Å². The van der Waals surface area contributed by atoms with Gasteiger partial charge in [0.15, 0.2) is 6.61 Å². The van der Waals surface area contributed by atoms with Crippen LogP contribution in [-0.2, 0) is 20.8 Å². The lowest BCUT2D eigenvalue weighted by Crippen LogP contribution is -2.32. The lowest BCUT2D eigenvalue weighted by molar-refractivity contribution is -0.136.